The van der Waals surface area contributed by atoms with Crippen molar-refractivity contribution in [1.29, 1.82) is 0 Å². The maximum Gasteiger partial charge on any atom is 0.257 e. The number of nitrogens with zero attached hydrogens (tertiary/aromatic N) is 2. The standard InChI is InChI=1S/C18H20N2O2S/c1-2-16-18(19-7-1)22-17(13-21-16)15-5-3-14(4-6-15)12-20-8-10-23-11-9-20/h1-7,17H,8-13H2. The number of fused-ring (bicyclic) bond motifs is 1. The number of aromatic nitrogens is 1. The summed E-state index contributed by atoms with van der Waals surface area (Å²) in [5, 5.41) is 0. The molecule has 5 heteroatoms. The fourth-order valence-corrected chi connectivity index (χ4v) is 3.91. The van der Waals surface area contributed by atoms with Gasteiger partial charge < -0.3 is 9.47 Å². The molecule has 0 amide bonds. The van der Waals surface area contributed by atoms with Gasteiger partial charge in [0.15, 0.2) is 11.9 Å². The minimum absolute atomic E-state index is 0.0853. The Morgan fingerprint density at radius 3 is 2.78 bits per heavy atom. The molecule has 2 aliphatic heterocycles. The maximum absolute atomic E-state index is 5.96. The molecule has 23 heavy (non-hydrogen) atoms. The molecule has 1 atom stereocenters. The molecule has 0 bridgehead atoms. The molecule has 2 aliphatic rings. The van der Waals surface area contributed by atoms with E-state index in [2.05, 4.69) is 34.1 Å². The first-order chi connectivity index (χ1) is 11.4. The molecular weight excluding hydrogens is 308 g/mol. The summed E-state index contributed by atoms with van der Waals surface area (Å²) in [4.78, 5) is 6.75. The summed E-state index contributed by atoms with van der Waals surface area (Å²) in [5.41, 5.74) is 2.50. The van der Waals surface area contributed by atoms with Crippen LogP contribution in [0.5, 0.6) is 11.6 Å². The number of hydrogen-bond donors (Lipinski definition) is 0. The third-order valence-corrected chi connectivity index (χ3v) is 5.18. The molecule has 0 aliphatic carbocycles. The molecule has 1 unspecified atom stereocenters. The van der Waals surface area contributed by atoms with Crippen LogP contribution in [0.15, 0.2) is 42.6 Å². The summed E-state index contributed by atoms with van der Waals surface area (Å²) in [5.74, 6) is 3.80. The second kappa shape index (κ2) is 6.81. The Morgan fingerprint density at radius 1 is 1.13 bits per heavy atom. The average Bonchev–Trinajstić information content (AvgIpc) is 2.63. The second-order valence-electron chi connectivity index (χ2n) is 5.85. The van der Waals surface area contributed by atoms with E-state index < -0.39 is 0 Å². The van der Waals surface area contributed by atoms with Gasteiger partial charge in [0.05, 0.1) is 0 Å². The number of hydrogen-bond acceptors (Lipinski definition) is 5. The molecule has 4 rings (SSSR count). The molecule has 0 radical (unpaired) electrons. The van der Waals surface area contributed by atoms with Crippen molar-refractivity contribution in [1.82, 2.24) is 9.88 Å². The lowest BCUT2D eigenvalue weighted by molar-refractivity contribution is 0.0851. The highest BCUT2D eigenvalue weighted by Crippen LogP contribution is 2.33. The number of ether oxygens (including phenoxy) is 2. The van der Waals surface area contributed by atoms with E-state index in [0.717, 1.165) is 17.9 Å². The minimum Gasteiger partial charge on any atom is -0.484 e. The van der Waals surface area contributed by atoms with E-state index in [1.165, 1.54) is 30.2 Å². The van der Waals surface area contributed by atoms with E-state index in [1.54, 1.807) is 6.20 Å². The van der Waals surface area contributed by atoms with Gasteiger partial charge in [-0.1, -0.05) is 24.3 Å². The molecule has 2 aromatic rings. The molecular formula is C18H20N2O2S. The molecule has 120 valence electrons. The zero-order valence-corrected chi connectivity index (χ0v) is 13.8. The maximum atomic E-state index is 5.96. The first-order valence-corrected chi connectivity index (χ1v) is 9.17. The van der Waals surface area contributed by atoms with Gasteiger partial charge in [0.2, 0.25) is 0 Å². The summed E-state index contributed by atoms with van der Waals surface area (Å²) < 4.78 is 11.7. The first-order valence-electron chi connectivity index (χ1n) is 8.02. The molecule has 0 saturated carbocycles. The highest BCUT2D eigenvalue weighted by atomic mass is 32.2. The van der Waals surface area contributed by atoms with Crippen LogP contribution < -0.4 is 9.47 Å². The minimum atomic E-state index is -0.0853. The lowest BCUT2D eigenvalue weighted by Crippen LogP contribution is -2.31. The van der Waals surface area contributed by atoms with Gasteiger partial charge in [-0.25, -0.2) is 4.98 Å². The third-order valence-electron chi connectivity index (χ3n) is 4.24. The predicted molar refractivity (Wildman–Crippen MR) is 92.1 cm³/mol. The Hall–Kier alpha value is -1.72. The van der Waals surface area contributed by atoms with E-state index in [1.807, 2.05) is 23.9 Å². The fourth-order valence-electron chi connectivity index (χ4n) is 2.93. The zero-order valence-electron chi connectivity index (χ0n) is 13.0. The highest BCUT2D eigenvalue weighted by Gasteiger charge is 2.23. The third kappa shape index (κ3) is 3.46. The van der Waals surface area contributed by atoms with E-state index in [0.29, 0.717) is 12.5 Å². The van der Waals surface area contributed by atoms with Crippen molar-refractivity contribution in [2.45, 2.75) is 12.6 Å². The van der Waals surface area contributed by atoms with Crippen LogP contribution in [0.2, 0.25) is 0 Å². The lowest BCUT2D eigenvalue weighted by Gasteiger charge is -2.27. The van der Waals surface area contributed by atoms with Crippen LogP contribution in [-0.4, -0.2) is 41.1 Å². The van der Waals surface area contributed by atoms with Crippen molar-refractivity contribution in [3.63, 3.8) is 0 Å². The predicted octanol–water partition coefficient (Wildman–Crippen LogP) is 3.14. The SMILES string of the molecule is c1cnc2c(c1)OCC(c1ccc(CN3CCSCC3)cc1)O2. The molecule has 4 nitrogen and oxygen atoms in total. The molecule has 1 fully saturated rings. The van der Waals surface area contributed by atoms with Crippen molar-refractivity contribution in [2.75, 3.05) is 31.2 Å². The molecule has 3 heterocycles. The van der Waals surface area contributed by atoms with Gasteiger partial charge in [0.1, 0.15) is 6.61 Å². The van der Waals surface area contributed by atoms with Gasteiger partial charge in [-0.05, 0) is 23.3 Å². The molecule has 0 N–H and O–H groups in total. The molecule has 0 spiro atoms. The Kier molecular flexibility index (Phi) is 4.39. The Labute approximate surface area is 140 Å². The molecule has 1 saturated heterocycles. The number of pyridine rings is 1. The molecule has 1 aromatic heterocycles. The van der Waals surface area contributed by atoms with Crippen molar-refractivity contribution in [2.24, 2.45) is 0 Å². The normalized spacial score (nSPS) is 21.1. The van der Waals surface area contributed by atoms with Crippen LogP contribution in [0, 0.1) is 0 Å². The summed E-state index contributed by atoms with van der Waals surface area (Å²) in [7, 11) is 0. The van der Waals surface area contributed by atoms with Gasteiger partial charge in [0.25, 0.3) is 5.88 Å². The van der Waals surface area contributed by atoms with Crippen molar-refractivity contribution < 1.29 is 9.47 Å². The van der Waals surface area contributed by atoms with Crippen LogP contribution in [0.4, 0.5) is 0 Å². The Balaban J connectivity index is 1.42. The Bertz CT molecular complexity index is 656. The van der Waals surface area contributed by atoms with Gasteiger partial charge in [-0.3, -0.25) is 4.90 Å². The van der Waals surface area contributed by atoms with Crippen LogP contribution >= 0.6 is 11.8 Å². The van der Waals surface area contributed by atoms with Crippen molar-refractivity contribution in [3.8, 4) is 11.6 Å². The topological polar surface area (TPSA) is 34.6 Å². The van der Waals surface area contributed by atoms with Gasteiger partial charge in [-0.15, -0.1) is 0 Å². The fraction of sp³-hybridized carbons (Fsp3) is 0.389. The van der Waals surface area contributed by atoms with Crippen molar-refractivity contribution in [3.05, 3.63) is 53.7 Å². The van der Waals surface area contributed by atoms with Crippen molar-refractivity contribution >= 4 is 11.8 Å². The van der Waals surface area contributed by atoms with Crippen LogP contribution in [0.3, 0.4) is 0 Å². The van der Waals surface area contributed by atoms with E-state index in [4.69, 9.17) is 9.47 Å². The Morgan fingerprint density at radius 2 is 1.96 bits per heavy atom. The average molecular weight is 328 g/mol. The smallest absolute Gasteiger partial charge is 0.257 e. The summed E-state index contributed by atoms with van der Waals surface area (Å²) >= 11 is 2.05. The molecule has 1 aromatic carbocycles. The number of thioether (sulfide) groups is 1. The van der Waals surface area contributed by atoms with Gasteiger partial charge >= 0.3 is 0 Å². The first kappa shape index (κ1) is 14.8. The lowest BCUT2D eigenvalue weighted by atomic mass is 10.1. The number of benzene rings is 1. The van der Waals surface area contributed by atoms with Crippen LogP contribution in [0.25, 0.3) is 0 Å². The summed E-state index contributed by atoms with van der Waals surface area (Å²) in [6.45, 7) is 3.94. The monoisotopic (exact) mass is 328 g/mol. The second-order valence-corrected chi connectivity index (χ2v) is 7.08. The van der Waals surface area contributed by atoms with Gasteiger partial charge in [-0.2, -0.15) is 11.8 Å². The zero-order chi connectivity index (χ0) is 15.5. The summed E-state index contributed by atoms with van der Waals surface area (Å²) in [6, 6.07) is 12.4. The van der Waals surface area contributed by atoms with Gasteiger partial charge in [0, 0.05) is 37.3 Å². The highest BCUT2D eigenvalue weighted by molar-refractivity contribution is 7.99. The van der Waals surface area contributed by atoms with E-state index >= 15 is 0 Å². The quantitative estimate of drug-likeness (QED) is 0.865. The van der Waals surface area contributed by atoms with Crippen LogP contribution in [0.1, 0.15) is 17.2 Å². The van der Waals surface area contributed by atoms with Crippen LogP contribution in [-0.2, 0) is 6.54 Å². The number of rotatable bonds is 3. The summed E-state index contributed by atoms with van der Waals surface area (Å²) in [6.07, 6.45) is 1.64. The van der Waals surface area contributed by atoms with E-state index in [9.17, 15) is 0 Å². The largest absolute Gasteiger partial charge is 0.484 e. The van der Waals surface area contributed by atoms with E-state index in [-0.39, 0.29) is 6.10 Å².